The van der Waals surface area contributed by atoms with Gasteiger partial charge in [0, 0.05) is 12.1 Å². The zero-order valence-electron chi connectivity index (χ0n) is 15.3. The highest BCUT2D eigenvalue weighted by Gasteiger charge is 2.36. The van der Waals surface area contributed by atoms with Gasteiger partial charge in [-0.1, -0.05) is 23.7 Å². The van der Waals surface area contributed by atoms with Crippen LogP contribution in [0.4, 0.5) is 11.4 Å². The molecule has 0 aromatic heterocycles. The summed E-state index contributed by atoms with van der Waals surface area (Å²) in [5, 5.41) is 0.479. The van der Waals surface area contributed by atoms with Gasteiger partial charge in [-0.3, -0.25) is 9.52 Å². The molecular formula is C19H21ClN2O4S. The maximum atomic E-state index is 12.6. The van der Waals surface area contributed by atoms with Crippen LogP contribution in [0.1, 0.15) is 19.4 Å². The summed E-state index contributed by atoms with van der Waals surface area (Å²) in [6.45, 7) is 3.88. The van der Waals surface area contributed by atoms with E-state index in [0.29, 0.717) is 27.7 Å². The maximum absolute atomic E-state index is 12.6. The molecule has 8 heteroatoms. The van der Waals surface area contributed by atoms with Crippen molar-refractivity contribution in [2.24, 2.45) is 5.41 Å². The van der Waals surface area contributed by atoms with Crippen molar-refractivity contribution in [2.75, 3.05) is 23.3 Å². The largest absolute Gasteiger partial charge is 0.490 e. The predicted molar refractivity (Wildman–Crippen MR) is 107 cm³/mol. The van der Waals surface area contributed by atoms with E-state index in [1.165, 1.54) is 4.90 Å². The molecule has 6 nitrogen and oxygen atoms in total. The zero-order chi connectivity index (χ0) is 19.8. The summed E-state index contributed by atoms with van der Waals surface area (Å²) < 4.78 is 33.3. The number of rotatable bonds is 4. The van der Waals surface area contributed by atoms with Crippen molar-refractivity contribution in [3.8, 4) is 5.75 Å². The van der Waals surface area contributed by atoms with Crippen LogP contribution < -0.4 is 14.4 Å². The Balaban J connectivity index is 1.85. The van der Waals surface area contributed by atoms with E-state index in [-0.39, 0.29) is 18.3 Å². The molecule has 2 aromatic carbocycles. The fourth-order valence-corrected chi connectivity index (χ4v) is 4.30. The third kappa shape index (κ3) is 4.36. The number of carbonyl (C=O) groups is 1. The molecule has 0 saturated heterocycles. The summed E-state index contributed by atoms with van der Waals surface area (Å²) in [4.78, 5) is 14.1. The number of nitrogens with one attached hydrogen (secondary N) is 1. The Labute approximate surface area is 164 Å². The van der Waals surface area contributed by atoms with Crippen LogP contribution in [0, 0.1) is 5.41 Å². The molecule has 0 aliphatic carbocycles. The van der Waals surface area contributed by atoms with E-state index in [4.69, 9.17) is 16.3 Å². The molecule has 0 bridgehead atoms. The van der Waals surface area contributed by atoms with Crippen LogP contribution in [0.5, 0.6) is 5.75 Å². The van der Waals surface area contributed by atoms with E-state index in [2.05, 4.69) is 4.72 Å². The number of carbonyl (C=O) groups excluding carboxylic acids is 1. The van der Waals surface area contributed by atoms with E-state index in [1.54, 1.807) is 49.5 Å². The monoisotopic (exact) mass is 408 g/mol. The summed E-state index contributed by atoms with van der Waals surface area (Å²) >= 11 is 5.91. The van der Waals surface area contributed by atoms with Crippen molar-refractivity contribution in [2.45, 2.75) is 19.6 Å². The quantitative estimate of drug-likeness (QED) is 0.837. The highest BCUT2D eigenvalue weighted by molar-refractivity contribution is 7.91. The van der Waals surface area contributed by atoms with Gasteiger partial charge in [-0.15, -0.1) is 0 Å². The number of ether oxygens (including phenoxy) is 1. The summed E-state index contributed by atoms with van der Waals surface area (Å²) in [6.07, 6.45) is 0. The van der Waals surface area contributed by atoms with Gasteiger partial charge in [-0.05, 0) is 49.7 Å². The van der Waals surface area contributed by atoms with E-state index < -0.39 is 15.4 Å². The molecule has 0 spiro atoms. The summed E-state index contributed by atoms with van der Waals surface area (Å²) in [5.41, 5.74) is 0.800. The highest BCUT2D eigenvalue weighted by Crippen LogP contribution is 2.37. The minimum atomic E-state index is -3.65. The van der Waals surface area contributed by atoms with Crippen molar-refractivity contribution in [3.05, 3.63) is 53.1 Å². The normalized spacial score (nSPS) is 16.3. The summed E-state index contributed by atoms with van der Waals surface area (Å²) in [5.74, 6) is 0.234. The molecule has 3 rings (SSSR count). The lowest BCUT2D eigenvalue weighted by molar-refractivity contribution is -0.127. The smallest absolute Gasteiger partial charge is 0.236 e. The van der Waals surface area contributed by atoms with Gasteiger partial charge in [0.1, 0.15) is 12.4 Å². The SMILES string of the molecule is CN1C(=O)C(C)(C)COc2ccc(NS(=O)(=O)Cc3cccc(Cl)c3)cc21. The predicted octanol–water partition coefficient (Wildman–Crippen LogP) is 3.66. The second-order valence-electron chi connectivity index (χ2n) is 7.21. The molecular weight excluding hydrogens is 388 g/mol. The van der Waals surface area contributed by atoms with Crippen LogP contribution >= 0.6 is 11.6 Å². The molecule has 2 aromatic rings. The Hall–Kier alpha value is -2.25. The van der Waals surface area contributed by atoms with E-state index in [0.717, 1.165) is 0 Å². The van der Waals surface area contributed by atoms with E-state index in [1.807, 2.05) is 13.8 Å². The highest BCUT2D eigenvalue weighted by atomic mass is 35.5. The van der Waals surface area contributed by atoms with Gasteiger partial charge < -0.3 is 9.64 Å². The molecule has 0 unspecified atom stereocenters. The summed E-state index contributed by atoms with van der Waals surface area (Å²) in [6, 6.07) is 11.6. The van der Waals surface area contributed by atoms with Crippen molar-refractivity contribution in [1.82, 2.24) is 0 Å². The Bertz CT molecular complexity index is 989. The number of halogens is 1. The van der Waals surface area contributed by atoms with Crippen LogP contribution in [0.3, 0.4) is 0 Å². The molecule has 0 radical (unpaired) electrons. The van der Waals surface area contributed by atoms with Crippen LogP contribution in [0.2, 0.25) is 5.02 Å². The van der Waals surface area contributed by atoms with Crippen LogP contribution in [-0.2, 0) is 20.6 Å². The third-order valence-corrected chi connectivity index (χ3v) is 5.81. The second kappa shape index (κ2) is 7.05. The molecule has 0 atom stereocenters. The van der Waals surface area contributed by atoms with Crippen LogP contribution in [0.15, 0.2) is 42.5 Å². The Kier molecular flexibility index (Phi) is 5.10. The van der Waals surface area contributed by atoms with Crippen molar-refractivity contribution in [3.63, 3.8) is 0 Å². The van der Waals surface area contributed by atoms with Gasteiger partial charge in [0.25, 0.3) is 0 Å². The second-order valence-corrected chi connectivity index (χ2v) is 9.37. The molecule has 1 heterocycles. The fourth-order valence-electron chi connectivity index (χ4n) is 2.91. The number of benzene rings is 2. The minimum Gasteiger partial charge on any atom is -0.490 e. The summed E-state index contributed by atoms with van der Waals surface area (Å²) in [7, 11) is -1.99. The lowest BCUT2D eigenvalue weighted by Crippen LogP contribution is -2.39. The molecule has 27 heavy (non-hydrogen) atoms. The first-order valence-electron chi connectivity index (χ1n) is 8.37. The molecule has 1 N–H and O–H groups in total. The standard InChI is InChI=1S/C19H21ClN2O4S/c1-19(2)12-26-17-8-7-15(10-16(17)22(3)18(19)23)21-27(24,25)11-13-5-4-6-14(20)9-13/h4-10,21H,11-12H2,1-3H3. The van der Waals surface area contributed by atoms with Gasteiger partial charge in [0.05, 0.1) is 22.5 Å². The number of amides is 1. The van der Waals surface area contributed by atoms with Crippen molar-refractivity contribution < 1.29 is 17.9 Å². The maximum Gasteiger partial charge on any atom is 0.236 e. The van der Waals surface area contributed by atoms with Crippen molar-refractivity contribution in [1.29, 1.82) is 0 Å². The molecule has 1 aliphatic rings. The first-order valence-corrected chi connectivity index (χ1v) is 10.4. The lowest BCUT2D eigenvalue weighted by Gasteiger charge is -2.24. The van der Waals surface area contributed by atoms with E-state index >= 15 is 0 Å². The first-order chi connectivity index (χ1) is 12.6. The third-order valence-electron chi connectivity index (χ3n) is 4.31. The number of fused-ring (bicyclic) bond motifs is 1. The van der Waals surface area contributed by atoms with E-state index in [9.17, 15) is 13.2 Å². The minimum absolute atomic E-state index is 0.0971. The average molecular weight is 409 g/mol. The molecule has 1 aliphatic heterocycles. The fraction of sp³-hybridized carbons (Fsp3) is 0.316. The first kappa shape index (κ1) is 19.5. The van der Waals surface area contributed by atoms with Gasteiger partial charge >= 0.3 is 0 Å². The Morgan fingerprint density at radius 3 is 2.67 bits per heavy atom. The number of hydrogen-bond acceptors (Lipinski definition) is 4. The number of anilines is 2. The average Bonchev–Trinajstić information content (AvgIpc) is 2.65. The van der Waals surface area contributed by atoms with Gasteiger partial charge in [-0.25, -0.2) is 8.42 Å². The number of nitrogens with zero attached hydrogens (tertiary/aromatic N) is 1. The van der Waals surface area contributed by atoms with Crippen LogP contribution in [0.25, 0.3) is 0 Å². The van der Waals surface area contributed by atoms with Gasteiger partial charge in [0.15, 0.2) is 0 Å². The molecule has 1 amide bonds. The molecule has 0 fully saturated rings. The zero-order valence-corrected chi connectivity index (χ0v) is 16.9. The Morgan fingerprint density at radius 1 is 1.22 bits per heavy atom. The van der Waals surface area contributed by atoms with Gasteiger partial charge in [0.2, 0.25) is 15.9 Å². The van der Waals surface area contributed by atoms with Crippen molar-refractivity contribution >= 4 is 38.9 Å². The van der Waals surface area contributed by atoms with Crippen LogP contribution in [-0.4, -0.2) is 28.0 Å². The molecule has 144 valence electrons. The molecule has 0 saturated carbocycles. The topological polar surface area (TPSA) is 75.7 Å². The lowest BCUT2D eigenvalue weighted by atomic mass is 9.93. The number of sulfonamides is 1. The Morgan fingerprint density at radius 2 is 1.96 bits per heavy atom. The van der Waals surface area contributed by atoms with Gasteiger partial charge in [-0.2, -0.15) is 0 Å². The number of hydrogen-bond donors (Lipinski definition) is 1.